The lowest BCUT2D eigenvalue weighted by Crippen LogP contribution is -2.47. The minimum absolute atomic E-state index is 0.412. The van der Waals surface area contributed by atoms with Crippen LogP contribution in [0.1, 0.15) is 20.8 Å². The Balaban J connectivity index is 2.31. The van der Waals surface area contributed by atoms with Crippen molar-refractivity contribution in [2.75, 3.05) is 5.01 Å². The molecule has 9 heteroatoms. The maximum atomic E-state index is 11.9. The van der Waals surface area contributed by atoms with Crippen LogP contribution >= 0.6 is 0 Å². The Labute approximate surface area is 126 Å². The first kappa shape index (κ1) is 15.7. The molecular formula is C13H18N6O3. The fourth-order valence-corrected chi connectivity index (χ4v) is 1.62. The van der Waals surface area contributed by atoms with Gasteiger partial charge in [0, 0.05) is 5.39 Å². The van der Waals surface area contributed by atoms with Crippen LogP contribution in [0.5, 0.6) is 0 Å². The molecule has 1 aromatic heterocycles. The largest absolute Gasteiger partial charge is 0.350 e. The van der Waals surface area contributed by atoms with Gasteiger partial charge in [-0.1, -0.05) is 4.85 Å². The van der Waals surface area contributed by atoms with Crippen LogP contribution in [0, 0.1) is 5.41 Å². The van der Waals surface area contributed by atoms with E-state index < -0.39 is 17.4 Å². The van der Waals surface area contributed by atoms with Crippen LogP contribution in [0.3, 0.4) is 0 Å². The summed E-state index contributed by atoms with van der Waals surface area (Å²) < 4.78 is 0. The van der Waals surface area contributed by atoms with Crippen molar-refractivity contribution in [2.24, 2.45) is 17.1 Å². The first-order valence-electron chi connectivity index (χ1n) is 6.50. The number of hydrogen-bond acceptors (Lipinski definition) is 6. The molecule has 2 amide bonds. The van der Waals surface area contributed by atoms with Crippen LogP contribution in [0.4, 0.5) is 10.5 Å². The first-order valence-corrected chi connectivity index (χ1v) is 6.50. The van der Waals surface area contributed by atoms with E-state index in [1.54, 1.807) is 39.0 Å². The van der Waals surface area contributed by atoms with Gasteiger partial charge >= 0.3 is 12.0 Å². The highest BCUT2D eigenvalue weighted by molar-refractivity contribution is 5.93. The van der Waals surface area contributed by atoms with Crippen molar-refractivity contribution in [3.63, 3.8) is 0 Å². The number of amides is 2. The van der Waals surface area contributed by atoms with E-state index in [2.05, 4.69) is 5.10 Å². The van der Waals surface area contributed by atoms with Crippen molar-refractivity contribution in [3.8, 4) is 0 Å². The molecule has 22 heavy (non-hydrogen) atoms. The highest BCUT2D eigenvalue weighted by atomic mass is 16.7. The Bertz CT molecular complexity index is 718. The highest BCUT2D eigenvalue weighted by Crippen LogP contribution is 2.21. The van der Waals surface area contributed by atoms with E-state index in [4.69, 9.17) is 16.5 Å². The molecule has 0 bridgehead atoms. The van der Waals surface area contributed by atoms with Gasteiger partial charge in [0.1, 0.15) is 5.52 Å². The maximum absolute atomic E-state index is 11.9. The summed E-state index contributed by atoms with van der Waals surface area (Å²) in [6, 6.07) is 4.18. The second kappa shape index (κ2) is 5.62. The lowest BCUT2D eigenvalue weighted by Gasteiger charge is -2.16. The Morgan fingerprint density at radius 1 is 1.36 bits per heavy atom. The van der Waals surface area contributed by atoms with Crippen molar-refractivity contribution in [1.82, 2.24) is 15.4 Å². The molecule has 0 aliphatic heterocycles. The van der Waals surface area contributed by atoms with E-state index in [1.807, 2.05) is 5.43 Å². The summed E-state index contributed by atoms with van der Waals surface area (Å²) in [5.74, 6) is 10.2. The molecule has 0 saturated carbocycles. The lowest BCUT2D eigenvalue weighted by atomic mass is 9.98. The summed E-state index contributed by atoms with van der Waals surface area (Å²) in [5.41, 5.74) is 2.27. The van der Waals surface area contributed by atoms with Crippen LogP contribution in [0.15, 0.2) is 24.4 Å². The minimum atomic E-state index is -0.661. The molecule has 1 aromatic carbocycles. The molecular weight excluding hydrogens is 288 g/mol. The second-order valence-corrected chi connectivity index (χ2v) is 5.71. The van der Waals surface area contributed by atoms with Gasteiger partial charge in [0.2, 0.25) is 0 Å². The molecule has 0 aliphatic carbocycles. The summed E-state index contributed by atoms with van der Waals surface area (Å²) in [6.07, 6.45) is 1.50. The van der Waals surface area contributed by atoms with Gasteiger partial charge in [-0.3, -0.25) is 5.43 Å². The number of nitrogens with one attached hydrogen (secondary N) is 1. The zero-order chi connectivity index (χ0) is 16.5. The Morgan fingerprint density at radius 2 is 2.05 bits per heavy atom. The number of urea groups is 1. The number of rotatable bonds is 2. The number of carbonyl (C=O) groups is 2. The quantitative estimate of drug-likeness (QED) is 0.416. The molecule has 0 aliphatic rings. The maximum Gasteiger partial charge on any atom is 0.350 e. The van der Waals surface area contributed by atoms with Gasteiger partial charge in [0.15, 0.2) is 0 Å². The summed E-state index contributed by atoms with van der Waals surface area (Å²) in [6.45, 7) is 5.24. The van der Waals surface area contributed by atoms with Crippen molar-refractivity contribution in [1.29, 1.82) is 0 Å². The van der Waals surface area contributed by atoms with Gasteiger partial charge in [-0.25, -0.2) is 26.3 Å². The van der Waals surface area contributed by atoms with E-state index in [0.717, 1.165) is 9.85 Å². The summed E-state index contributed by atoms with van der Waals surface area (Å²) >= 11 is 0. The Kier molecular flexibility index (Phi) is 4.02. The number of fused-ring (bicyclic) bond motifs is 1. The SMILES string of the molecule is CC(C)(C)C(=O)On1ncc2cc(N(N)C(=O)NN)ccc21. The van der Waals surface area contributed by atoms with Gasteiger partial charge in [-0.2, -0.15) is 0 Å². The molecule has 5 N–H and O–H groups in total. The lowest BCUT2D eigenvalue weighted by molar-refractivity contribution is -0.154. The minimum Gasteiger partial charge on any atom is -0.318 e. The van der Waals surface area contributed by atoms with Gasteiger partial charge in [-0.15, -0.1) is 5.10 Å². The average molecular weight is 306 g/mol. The zero-order valence-electron chi connectivity index (χ0n) is 12.5. The van der Waals surface area contributed by atoms with Gasteiger partial charge in [-0.05, 0) is 39.0 Å². The fourth-order valence-electron chi connectivity index (χ4n) is 1.62. The third kappa shape index (κ3) is 3.00. The van der Waals surface area contributed by atoms with Crippen LogP contribution in [0.2, 0.25) is 0 Å². The number of carbonyl (C=O) groups excluding carboxylic acids is 2. The molecule has 0 saturated heterocycles. The average Bonchev–Trinajstić information content (AvgIpc) is 2.87. The fraction of sp³-hybridized carbons (Fsp3) is 0.308. The second-order valence-electron chi connectivity index (χ2n) is 5.71. The monoisotopic (exact) mass is 306 g/mol. The van der Waals surface area contributed by atoms with Crippen LogP contribution in [0.25, 0.3) is 10.9 Å². The topological polar surface area (TPSA) is 129 Å². The Morgan fingerprint density at radius 3 is 2.64 bits per heavy atom. The molecule has 0 atom stereocenters. The smallest absolute Gasteiger partial charge is 0.318 e. The van der Waals surface area contributed by atoms with Gasteiger partial charge in [0.25, 0.3) is 0 Å². The molecule has 0 fully saturated rings. The molecule has 2 rings (SSSR count). The van der Waals surface area contributed by atoms with E-state index in [1.165, 1.54) is 6.20 Å². The normalized spacial score (nSPS) is 11.3. The third-order valence-corrected chi connectivity index (χ3v) is 2.92. The van der Waals surface area contributed by atoms with E-state index in [0.29, 0.717) is 16.6 Å². The highest BCUT2D eigenvalue weighted by Gasteiger charge is 2.25. The van der Waals surface area contributed by atoms with Crippen molar-refractivity contribution in [3.05, 3.63) is 24.4 Å². The molecule has 118 valence electrons. The third-order valence-electron chi connectivity index (χ3n) is 2.92. The van der Waals surface area contributed by atoms with E-state index in [9.17, 15) is 9.59 Å². The number of nitrogens with zero attached hydrogens (tertiary/aromatic N) is 3. The molecule has 0 radical (unpaired) electrons. The summed E-state index contributed by atoms with van der Waals surface area (Å²) in [4.78, 5) is 29.6. The zero-order valence-corrected chi connectivity index (χ0v) is 12.5. The molecule has 0 spiro atoms. The molecule has 9 nitrogen and oxygen atoms in total. The van der Waals surface area contributed by atoms with E-state index >= 15 is 0 Å². The van der Waals surface area contributed by atoms with Gasteiger partial charge < -0.3 is 4.84 Å². The standard InChI is InChI=1S/C13H18N6O3/c1-13(2,3)11(20)22-19-10-5-4-9(6-8(10)7-16-19)18(15)12(21)17-14/h4-7H,14-15H2,1-3H3,(H,17,21). The number of benzene rings is 1. The number of nitrogens with two attached hydrogens (primary N) is 2. The van der Waals surface area contributed by atoms with Crippen LogP contribution < -0.4 is 27.0 Å². The number of hydrazine groups is 2. The van der Waals surface area contributed by atoms with Gasteiger partial charge in [0.05, 0.1) is 17.3 Å². The van der Waals surface area contributed by atoms with Crippen LogP contribution in [-0.2, 0) is 4.79 Å². The first-order chi connectivity index (χ1) is 10.2. The van der Waals surface area contributed by atoms with Crippen LogP contribution in [-0.4, -0.2) is 21.9 Å². The predicted octanol–water partition coefficient (Wildman–Crippen LogP) is 0.301. The van der Waals surface area contributed by atoms with E-state index in [-0.39, 0.29) is 0 Å². The number of hydrogen-bond donors (Lipinski definition) is 3. The molecule has 0 unspecified atom stereocenters. The predicted molar refractivity (Wildman–Crippen MR) is 80.2 cm³/mol. The van der Waals surface area contributed by atoms with Crippen molar-refractivity contribution < 1.29 is 14.4 Å². The van der Waals surface area contributed by atoms with Crippen molar-refractivity contribution in [2.45, 2.75) is 20.8 Å². The Hall–Kier alpha value is -2.65. The molecule has 2 aromatic rings. The van der Waals surface area contributed by atoms with Crippen molar-refractivity contribution >= 4 is 28.6 Å². The number of aromatic nitrogens is 2. The summed E-state index contributed by atoms with van der Waals surface area (Å²) in [5, 5.41) is 5.51. The summed E-state index contributed by atoms with van der Waals surface area (Å²) in [7, 11) is 0. The molecule has 1 heterocycles. The number of anilines is 1.